The average Bonchev–Trinajstić information content (AvgIpc) is 2.74. The molecule has 19 heavy (non-hydrogen) atoms. The Hall–Kier alpha value is -2.22. The van der Waals surface area contributed by atoms with E-state index in [0.29, 0.717) is 0 Å². The molecule has 0 aliphatic rings. The van der Waals surface area contributed by atoms with Crippen LogP contribution in [0.3, 0.4) is 0 Å². The third-order valence-corrected chi connectivity index (χ3v) is 3.68. The molecule has 0 bridgehead atoms. The van der Waals surface area contributed by atoms with Crippen LogP contribution in [0, 0.1) is 6.92 Å². The summed E-state index contributed by atoms with van der Waals surface area (Å²) in [5.74, 6) is 0. The summed E-state index contributed by atoms with van der Waals surface area (Å²) in [7, 11) is 0. The normalized spacial score (nSPS) is 11.0. The molecule has 0 atom stereocenters. The van der Waals surface area contributed by atoms with Crippen molar-refractivity contribution in [3.05, 3.63) is 65.9 Å². The zero-order valence-electron chi connectivity index (χ0n) is 11.1. The van der Waals surface area contributed by atoms with Crippen LogP contribution in [0.4, 0.5) is 5.69 Å². The van der Waals surface area contributed by atoms with E-state index in [4.69, 9.17) is 5.73 Å². The molecule has 3 rings (SSSR count). The van der Waals surface area contributed by atoms with Crippen LogP contribution < -0.4 is 5.73 Å². The predicted molar refractivity (Wildman–Crippen MR) is 81.2 cm³/mol. The summed E-state index contributed by atoms with van der Waals surface area (Å²) in [6.45, 7) is 3.13. The van der Waals surface area contributed by atoms with Crippen molar-refractivity contribution in [1.29, 1.82) is 0 Å². The number of nitrogens with zero attached hydrogens (tertiary/aromatic N) is 1. The summed E-state index contributed by atoms with van der Waals surface area (Å²) in [6.07, 6.45) is 0.964. The van der Waals surface area contributed by atoms with Crippen LogP contribution in [0.2, 0.25) is 0 Å². The van der Waals surface area contributed by atoms with Gasteiger partial charge in [0.05, 0.1) is 0 Å². The van der Waals surface area contributed by atoms with Gasteiger partial charge in [-0.3, -0.25) is 0 Å². The molecule has 0 aliphatic carbocycles. The zero-order valence-corrected chi connectivity index (χ0v) is 11.1. The summed E-state index contributed by atoms with van der Waals surface area (Å²) in [5.41, 5.74) is 10.7. The van der Waals surface area contributed by atoms with Crippen molar-refractivity contribution in [2.45, 2.75) is 19.9 Å². The summed E-state index contributed by atoms with van der Waals surface area (Å²) in [6, 6.07) is 18.9. The summed E-state index contributed by atoms with van der Waals surface area (Å²) >= 11 is 0. The van der Waals surface area contributed by atoms with E-state index in [9.17, 15) is 0 Å². The smallest absolute Gasteiger partial charge is 0.0482 e. The van der Waals surface area contributed by atoms with Crippen molar-refractivity contribution >= 4 is 16.6 Å². The lowest BCUT2D eigenvalue weighted by Crippen LogP contribution is -2.04. The van der Waals surface area contributed by atoms with Gasteiger partial charge in [-0.2, -0.15) is 0 Å². The number of para-hydroxylation sites is 2. The summed E-state index contributed by atoms with van der Waals surface area (Å²) in [4.78, 5) is 0. The van der Waals surface area contributed by atoms with E-state index in [1.807, 2.05) is 18.2 Å². The first kappa shape index (κ1) is 11.8. The van der Waals surface area contributed by atoms with Gasteiger partial charge in [-0.1, -0.05) is 36.4 Å². The highest BCUT2D eigenvalue weighted by molar-refractivity contribution is 5.81. The van der Waals surface area contributed by atoms with Crippen molar-refractivity contribution in [3.63, 3.8) is 0 Å². The van der Waals surface area contributed by atoms with Crippen molar-refractivity contribution in [2.75, 3.05) is 5.73 Å². The molecule has 0 amide bonds. The molecular formula is C17H18N2. The molecule has 2 nitrogen and oxygen atoms in total. The Morgan fingerprint density at radius 2 is 1.74 bits per heavy atom. The highest BCUT2D eigenvalue weighted by atomic mass is 15.0. The number of fused-ring (bicyclic) bond motifs is 1. The number of aromatic nitrogens is 1. The molecule has 96 valence electrons. The lowest BCUT2D eigenvalue weighted by atomic mass is 10.1. The largest absolute Gasteiger partial charge is 0.399 e. The number of hydrogen-bond donors (Lipinski definition) is 1. The van der Waals surface area contributed by atoms with E-state index >= 15 is 0 Å². The second kappa shape index (κ2) is 4.81. The SMILES string of the molecule is Cc1cc2ccccc2n1CCc1ccccc1N. The summed E-state index contributed by atoms with van der Waals surface area (Å²) < 4.78 is 2.36. The van der Waals surface area contributed by atoms with Crippen molar-refractivity contribution in [1.82, 2.24) is 4.57 Å². The predicted octanol–water partition coefficient (Wildman–Crippen LogP) is 3.77. The fourth-order valence-corrected chi connectivity index (χ4v) is 2.64. The Balaban J connectivity index is 1.90. The Morgan fingerprint density at radius 3 is 2.58 bits per heavy atom. The molecule has 2 N–H and O–H groups in total. The van der Waals surface area contributed by atoms with E-state index in [1.54, 1.807) is 0 Å². The Labute approximate surface area is 113 Å². The third kappa shape index (κ3) is 2.22. The minimum atomic E-state index is 0.886. The Kier molecular flexibility index (Phi) is 3.00. The van der Waals surface area contributed by atoms with E-state index in [0.717, 1.165) is 18.7 Å². The van der Waals surface area contributed by atoms with E-state index in [-0.39, 0.29) is 0 Å². The van der Waals surface area contributed by atoms with Crippen LogP contribution >= 0.6 is 0 Å². The van der Waals surface area contributed by atoms with Gasteiger partial charge in [0.1, 0.15) is 0 Å². The maximum absolute atomic E-state index is 6.00. The van der Waals surface area contributed by atoms with Crippen molar-refractivity contribution in [3.8, 4) is 0 Å². The number of hydrogen-bond acceptors (Lipinski definition) is 1. The monoisotopic (exact) mass is 250 g/mol. The molecule has 0 aliphatic heterocycles. The zero-order chi connectivity index (χ0) is 13.2. The second-order valence-electron chi connectivity index (χ2n) is 4.94. The third-order valence-electron chi connectivity index (χ3n) is 3.68. The van der Waals surface area contributed by atoms with Crippen molar-refractivity contribution < 1.29 is 0 Å². The number of nitrogen functional groups attached to an aromatic ring is 1. The maximum Gasteiger partial charge on any atom is 0.0482 e. The second-order valence-corrected chi connectivity index (χ2v) is 4.94. The van der Waals surface area contributed by atoms with E-state index in [1.165, 1.54) is 22.2 Å². The van der Waals surface area contributed by atoms with Gasteiger partial charge in [-0.05, 0) is 42.5 Å². The fourth-order valence-electron chi connectivity index (χ4n) is 2.64. The van der Waals surface area contributed by atoms with Crippen LogP contribution in [0.5, 0.6) is 0 Å². The summed E-state index contributed by atoms with van der Waals surface area (Å²) in [5, 5.41) is 1.31. The fraction of sp³-hybridized carbons (Fsp3) is 0.176. The molecule has 0 saturated heterocycles. The van der Waals surface area contributed by atoms with Crippen LogP contribution in [-0.2, 0) is 13.0 Å². The van der Waals surface area contributed by atoms with Gasteiger partial charge in [0.25, 0.3) is 0 Å². The van der Waals surface area contributed by atoms with E-state index in [2.05, 4.69) is 47.9 Å². The van der Waals surface area contributed by atoms with Gasteiger partial charge < -0.3 is 10.3 Å². The van der Waals surface area contributed by atoms with Crippen molar-refractivity contribution in [2.24, 2.45) is 0 Å². The average molecular weight is 250 g/mol. The minimum Gasteiger partial charge on any atom is -0.399 e. The molecule has 0 fully saturated rings. The van der Waals surface area contributed by atoms with Gasteiger partial charge in [-0.25, -0.2) is 0 Å². The first-order chi connectivity index (χ1) is 9.25. The molecular weight excluding hydrogens is 232 g/mol. The molecule has 0 radical (unpaired) electrons. The van der Waals surface area contributed by atoms with Crippen LogP contribution in [-0.4, -0.2) is 4.57 Å². The van der Waals surface area contributed by atoms with Gasteiger partial charge >= 0.3 is 0 Å². The highest BCUT2D eigenvalue weighted by Gasteiger charge is 2.05. The van der Waals surface area contributed by atoms with E-state index < -0.39 is 0 Å². The number of anilines is 1. The van der Waals surface area contributed by atoms with Crippen LogP contribution in [0.15, 0.2) is 54.6 Å². The highest BCUT2D eigenvalue weighted by Crippen LogP contribution is 2.20. The molecule has 1 aromatic heterocycles. The molecule has 2 aromatic carbocycles. The Morgan fingerprint density at radius 1 is 1.00 bits per heavy atom. The number of aryl methyl sites for hydroxylation is 3. The maximum atomic E-state index is 6.00. The lowest BCUT2D eigenvalue weighted by Gasteiger charge is -2.10. The molecule has 3 aromatic rings. The first-order valence-electron chi connectivity index (χ1n) is 6.64. The minimum absolute atomic E-state index is 0.886. The molecule has 1 heterocycles. The van der Waals surface area contributed by atoms with Gasteiger partial charge in [0, 0.05) is 23.4 Å². The van der Waals surface area contributed by atoms with Crippen LogP contribution in [0.25, 0.3) is 10.9 Å². The van der Waals surface area contributed by atoms with Gasteiger partial charge in [0.15, 0.2) is 0 Å². The van der Waals surface area contributed by atoms with Gasteiger partial charge in [0.2, 0.25) is 0 Å². The number of nitrogens with two attached hydrogens (primary N) is 1. The number of rotatable bonds is 3. The molecule has 0 unspecified atom stereocenters. The standard InChI is InChI=1S/C17H18N2/c1-13-12-15-7-3-5-9-17(15)19(13)11-10-14-6-2-4-8-16(14)18/h2-9,12H,10-11,18H2,1H3. The molecule has 0 spiro atoms. The quantitative estimate of drug-likeness (QED) is 0.705. The van der Waals surface area contributed by atoms with Crippen LogP contribution in [0.1, 0.15) is 11.3 Å². The van der Waals surface area contributed by atoms with Gasteiger partial charge in [-0.15, -0.1) is 0 Å². The Bertz CT molecular complexity index is 710. The molecule has 0 saturated carbocycles. The topological polar surface area (TPSA) is 30.9 Å². The lowest BCUT2D eigenvalue weighted by molar-refractivity contribution is 0.704. The number of benzene rings is 2. The molecule has 2 heteroatoms. The first-order valence-corrected chi connectivity index (χ1v) is 6.64.